The van der Waals surface area contributed by atoms with E-state index < -0.39 is 17.5 Å². The van der Waals surface area contributed by atoms with Gasteiger partial charge >= 0.3 is 0 Å². The summed E-state index contributed by atoms with van der Waals surface area (Å²) in [5.74, 6) is -2.43. The number of thioether (sulfide) groups is 1. The fourth-order valence-corrected chi connectivity index (χ4v) is 4.66. The number of phenols is 1. The highest BCUT2D eigenvalue weighted by Crippen LogP contribution is 2.38. The van der Waals surface area contributed by atoms with Crippen LogP contribution in [-0.4, -0.2) is 15.3 Å². The van der Waals surface area contributed by atoms with Crippen molar-refractivity contribution in [2.24, 2.45) is 0 Å². The van der Waals surface area contributed by atoms with E-state index in [0.717, 1.165) is 28.8 Å². The van der Waals surface area contributed by atoms with E-state index in [1.54, 1.807) is 18.2 Å². The summed E-state index contributed by atoms with van der Waals surface area (Å²) in [6, 6.07) is 6.45. The molecular formula is C16H7Br2F2NO2S2. The second-order valence-corrected chi connectivity index (χ2v) is 8.33. The maximum absolute atomic E-state index is 13.4. The molecule has 1 saturated heterocycles. The molecule has 1 aliphatic rings. The van der Waals surface area contributed by atoms with E-state index in [-0.39, 0.29) is 15.8 Å². The number of halogens is 4. The Balaban J connectivity index is 1.97. The fourth-order valence-electron chi connectivity index (χ4n) is 2.13. The molecule has 0 unspecified atom stereocenters. The van der Waals surface area contributed by atoms with E-state index in [4.69, 9.17) is 12.2 Å². The zero-order chi connectivity index (χ0) is 18.3. The number of thiocarbonyl (C=S) groups is 1. The van der Waals surface area contributed by atoms with E-state index in [9.17, 15) is 18.7 Å². The Kier molecular flexibility index (Phi) is 5.29. The molecule has 0 saturated carbocycles. The van der Waals surface area contributed by atoms with Gasteiger partial charge in [-0.1, -0.05) is 24.0 Å². The van der Waals surface area contributed by atoms with Crippen LogP contribution in [0.15, 0.2) is 44.2 Å². The molecule has 2 aromatic rings. The van der Waals surface area contributed by atoms with Crippen molar-refractivity contribution >= 4 is 77.8 Å². The first-order chi connectivity index (χ1) is 11.8. The zero-order valence-corrected chi connectivity index (χ0v) is 16.9. The van der Waals surface area contributed by atoms with Gasteiger partial charge in [0.05, 0.1) is 19.5 Å². The number of phenolic OH excluding ortho intramolecular Hbond substituents is 1. The maximum atomic E-state index is 13.4. The highest BCUT2D eigenvalue weighted by molar-refractivity contribution is 9.11. The topological polar surface area (TPSA) is 40.5 Å². The molecule has 1 aliphatic heterocycles. The molecule has 0 aliphatic carbocycles. The molecule has 0 aromatic heterocycles. The zero-order valence-electron chi connectivity index (χ0n) is 12.1. The Bertz CT molecular complexity index is 927. The maximum Gasteiger partial charge on any atom is 0.270 e. The Hall–Kier alpha value is -1.29. The summed E-state index contributed by atoms with van der Waals surface area (Å²) in [5, 5.41) is 9.74. The number of anilines is 1. The first-order valence-electron chi connectivity index (χ1n) is 6.69. The van der Waals surface area contributed by atoms with Crippen LogP contribution in [0.5, 0.6) is 5.75 Å². The second-order valence-electron chi connectivity index (χ2n) is 4.95. The molecule has 3 nitrogen and oxygen atoms in total. The lowest BCUT2D eigenvalue weighted by atomic mass is 10.2. The van der Waals surface area contributed by atoms with Crippen molar-refractivity contribution in [3.8, 4) is 5.75 Å². The number of benzene rings is 2. The monoisotopic (exact) mass is 505 g/mol. The highest BCUT2D eigenvalue weighted by Gasteiger charge is 2.33. The van der Waals surface area contributed by atoms with Crippen molar-refractivity contribution < 1.29 is 18.7 Å². The van der Waals surface area contributed by atoms with Crippen LogP contribution in [-0.2, 0) is 4.79 Å². The summed E-state index contributed by atoms with van der Waals surface area (Å²) >= 11 is 12.7. The van der Waals surface area contributed by atoms with Gasteiger partial charge in [-0.05, 0) is 67.8 Å². The number of hydrogen-bond donors (Lipinski definition) is 1. The third-order valence-electron chi connectivity index (χ3n) is 3.29. The largest absolute Gasteiger partial charge is 0.506 e. The van der Waals surface area contributed by atoms with E-state index in [1.807, 2.05) is 0 Å². The number of rotatable bonds is 2. The summed E-state index contributed by atoms with van der Waals surface area (Å²) in [5.41, 5.74) is 0.820. The lowest BCUT2D eigenvalue weighted by molar-refractivity contribution is -0.113. The number of hydrogen-bond acceptors (Lipinski definition) is 4. The van der Waals surface area contributed by atoms with Gasteiger partial charge < -0.3 is 5.11 Å². The van der Waals surface area contributed by atoms with Crippen molar-refractivity contribution in [3.05, 3.63) is 61.4 Å². The highest BCUT2D eigenvalue weighted by atomic mass is 79.9. The number of amides is 1. The van der Waals surface area contributed by atoms with E-state index in [2.05, 4.69) is 31.9 Å². The van der Waals surface area contributed by atoms with Crippen LogP contribution in [0.3, 0.4) is 0 Å². The molecular weight excluding hydrogens is 500 g/mol. The Labute approximate surface area is 168 Å². The van der Waals surface area contributed by atoms with E-state index >= 15 is 0 Å². The third-order valence-corrected chi connectivity index (χ3v) is 5.80. The van der Waals surface area contributed by atoms with Gasteiger partial charge in [-0.15, -0.1) is 0 Å². The minimum Gasteiger partial charge on any atom is -0.506 e. The summed E-state index contributed by atoms with van der Waals surface area (Å²) in [4.78, 5) is 14.1. The van der Waals surface area contributed by atoms with Crippen LogP contribution in [0, 0.1) is 11.6 Å². The number of aromatic hydroxyl groups is 1. The van der Waals surface area contributed by atoms with Gasteiger partial charge in [0.15, 0.2) is 16.0 Å². The van der Waals surface area contributed by atoms with Gasteiger partial charge in [0, 0.05) is 6.07 Å². The van der Waals surface area contributed by atoms with Gasteiger partial charge in [-0.25, -0.2) is 8.78 Å². The molecule has 25 heavy (non-hydrogen) atoms. The average Bonchev–Trinajstić information content (AvgIpc) is 2.82. The van der Waals surface area contributed by atoms with Gasteiger partial charge in [0.1, 0.15) is 5.75 Å². The fraction of sp³-hybridized carbons (Fsp3) is 0. The molecule has 128 valence electrons. The number of carbonyl (C=O) groups excluding carboxylic acids is 1. The normalized spacial score (nSPS) is 16.2. The SMILES string of the molecule is O=C1/C(=C/c2cc(Br)c(O)c(Br)c2)SC(=S)N1c1ccc(F)c(F)c1. The van der Waals surface area contributed by atoms with Crippen molar-refractivity contribution in [3.63, 3.8) is 0 Å². The van der Waals surface area contributed by atoms with Crippen molar-refractivity contribution in [2.45, 2.75) is 0 Å². The van der Waals surface area contributed by atoms with E-state index in [1.165, 1.54) is 6.07 Å². The van der Waals surface area contributed by atoms with Crippen LogP contribution in [0.4, 0.5) is 14.5 Å². The Morgan fingerprint density at radius 2 is 1.76 bits per heavy atom. The Morgan fingerprint density at radius 3 is 2.36 bits per heavy atom. The first-order valence-corrected chi connectivity index (χ1v) is 9.50. The van der Waals surface area contributed by atoms with Crippen LogP contribution in [0.1, 0.15) is 5.56 Å². The van der Waals surface area contributed by atoms with Gasteiger partial charge in [-0.2, -0.15) is 0 Å². The predicted octanol–water partition coefficient (Wildman–Crippen LogP) is 5.60. The lowest BCUT2D eigenvalue weighted by Gasteiger charge is -2.14. The van der Waals surface area contributed by atoms with Gasteiger partial charge in [0.25, 0.3) is 5.91 Å². The standard InChI is InChI=1S/C16H7Br2F2NO2S2/c17-9-3-7(4-10(18)14(9)22)5-13-15(23)21(16(24)25-13)8-1-2-11(19)12(20)6-8/h1-6,22H/b13-5-. The summed E-state index contributed by atoms with van der Waals surface area (Å²) < 4.78 is 27.7. The average molecular weight is 507 g/mol. The summed E-state index contributed by atoms with van der Waals surface area (Å²) in [6.07, 6.45) is 1.61. The molecule has 1 fully saturated rings. The molecule has 9 heteroatoms. The minimum atomic E-state index is -1.05. The quantitative estimate of drug-likeness (QED) is 0.425. The van der Waals surface area contributed by atoms with E-state index in [0.29, 0.717) is 19.4 Å². The van der Waals surface area contributed by atoms with Gasteiger partial charge in [0.2, 0.25) is 0 Å². The molecule has 0 spiro atoms. The van der Waals surface area contributed by atoms with Crippen LogP contribution in [0.2, 0.25) is 0 Å². The number of nitrogens with zero attached hydrogens (tertiary/aromatic N) is 1. The molecule has 1 N–H and O–H groups in total. The molecule has 0 atom stereocenters. The second kappa shape index (κ2) is 7.14. The first kappa shape index (κ1) is 18.5. The minimum absolute atomic E-state index is 0.0477. The summed E-state index contributed by atoms with van der Waals surface area (Å²) in [7, 11) is 0. The van der Waals surface area contributed by atoms with Gasteiger partial charge in [-0.3, -0.25) is 9.69 Å². The van der Waals surface area contributed by atoms with Crippen LogP contribution in [0.25, 0.3) is 6.08 Å². The van der Waals surface area contributed by atoms with Crippen LogP contribution >= 0.6 is 55.8 Å². The predicted molar refractivity (Wildman–Crippen MR) is 106 cm³/mol. The molecule has 1 heterocycles. The molecule has 3 rings (SSSR count). The molecule has 0 bridgehead atoms. The van der Waals surface area contributed by atoms with Crippen molar-refractivity contribution in [1.29, 1.82) is 0 Å². The van der Waals surface area contributed by atoms with Crippen molar-refractivity contribution in [2.75, 3.05) is 4.90 Å². The molecule has 1 amide bonds. The number of carbonyl (C=O) groups is 1. The lowest BCUT2D eigenvalue weighted by Crippen LogP contribution is -2.27. The molecule has 2 aromatic carbocycles. The summed E-state index contributed by atoms with van der Waals surface area (Å²) in [6.45, 7) is 0. The smallest absolute Gasteiger partial charge is 0.270 e. The molecule has 0 radical (unpaired) electrons. The Morgan fingerprint density at radius 1 is 1.12 bits per heavy atom. The third kappa shape index (κ3) is 3.64. The van der Waals surface area contributed by atoms with Crippen LogP contribution < -0.4 is 4.90 Å². The van der Waals surface area contributed by atoms with Crippen molar-refractivity contribution in [1.82, 2.24) is 0 Å².